The van der Waals surface area contributed by atoms with Gasteiger partial charge in [-0.15, -0.1) is 11.8 Å². The number of hydrogen-bond donors (Lipinski definition) is 2. The number of thioether (sulfide) groups is 1. The van der Waals surface area contributed by atoms with Crippen molar-refractivity contribution >= 4 is 29.2 Å². The van der Waals surface area contributed by atoms with E-state index in [1.807, 2.05) is 30.5 Å². The molecule has 0 bridgehead atoms. The van der Waals surface area contributed by atoms with Crippen molar-refractivity contribution < 1.29 is 4.79 Å². The third-order valence-electron chi connectivity index (χ3n) is 2.62. The van der Waals surface area contributed by atoms with Gasteiger partial charge in [0.15, 0.2) is 0 Å². The third kappa shape index (κ3) is 3.26. The highest BCUT2D eigenvalue weighted by Crippen LogP contribution is 2.20. The van der Waals surface area contributed by atoms with Crippen molar-refractivity contribution in [3.05, 3.63) is 48.2 Å². The van der Waals surface area contributed by atoms with Gasteiger partial charge in [0.1, 0.15) is 5.82 Å². The predicted octanol–water partition coefficient (Wildman–Crippen LogP) is 3.10. The molecule has 2 rings (SSSR count). The first-order chi connectivity index (χ1) is 9.24. The van der Waals surface area contributed by atoms with Crippen molar-refractivity contribution in [1.29, 1.82) is 0 Å². The number of anilines is 2. The van der Waals surface area contributed by atoms with Crippen molar-refractivity contribution in [3.63, 3.8) is 0 Å². The number of hydrogen-bond acceptors (Lipinski definition) is 4. The maximum atomic E-state index is 12.2. The molecule has 4 nitrogen and oxygen atoms in total. The number of nitrogens with one attached hydrogen (secondary N) is 2. The molecule has 0 aliphatic heterocycles. The number of carbonyl (C=O) groups excluding carboxylic acids is 1. The standard InChI is InChI=1S/C14H15N3OS/c1-15-13-12(7-4-8-16-13)14(18)17-10-5-3-6-11(9-10)19-2/h3-9H,1-2H3,(H,15,16)(H,17,18). The summed E-state index contributed by atoms with van der Waals surface area (Å²) in [6.07, 6.45) is 3.65. The highest BCUT2D eigenvalue weighted by molar-refractivity contribution is 7.98. The summed E-state index contributed by atoms with van der Waals surface area (Å²) >= 11 is 1.64. The molecule has 0 spiro atoms. The van der Waals surface area contributed by atoms with Gasteiger partial charge in [-0.25, -0.2) is 4.98 Å². The molecule has 2 aromatic rings. The van der Waals surface area contributed by atoms with Crippen LogP contribution in [0, 0.1) is 0 Å². The highest BCUT2D eigenvalue weighted by atomic mass is 32.2. The summed E-state index contributed by atoms with van der Waals surface area (Å²) in [7, 11) is 1.74. The second-order valence-corrected chi connectivity index (χ2v) is 4.72. The van der Waals surface area contributed by atoms with Crippen LogP contribution in [-0.4, -0.2) is 24.2 Å². The molecule has 98 valence electrons. The predicted molar refractivity (Wildman–Crippen MR) is 80.0 cm³/mol. The smallest absolute Gasteiger partial charge is 0.259 e. The fourth-order valence-corrected chi connectivity index (χ4v) is 2.15. The van der Waals surface area contributed by atoms with Crippen molar-refractivity contribution in [1.82, 2.24) is 4.98 Å². The Bertz CT molecular complexity index is 586. The molecule has 0 radical (unpaired) electrons. The molecular weight excluding hydrogens is 258 g/mol. The van der Waals surface area contributed by atoms with E-state index in [4.69, 9.17) is 0 Å². The van der Waals surface area contributed by atoms with Gasteiger partial charge >= 0.3 is 0 Å². The molecule has 0 atom stereocenters. The molecule has 0 unspecified atom stereocenters. The van der Waals surface area contributed by atoms with Crippen LogP contribution < -0.4 is 10.6 Å². The van der Waals surface area contributed by atoms with Gasteiger partial charge in [-0.3, -0.25) is 4.79 Å². The first kappa shape index (κ1) is 13.4. The van der Waals surface area contributed by atoms with E-state index < -0.39 is 0 Å². The van der Waals surface area contributed by atoms with E-state index in [1.165, 1.54) is 0 Å². The number of amides is 1. The van der Waals surface area contributed by atoms with Gasteiger partial charge < -0.3 is 10.6 Å². The summed E-state index contributed by atoms with van der Waals surface area (Å²) in [4.78, 5) is 17.4. The number of aromatic nitrogens is 1. The van der Waals surface area contributed by atoms with Crippen LogP contribution in [0.2, 0.25) is 0 Å². The summed E-state index contributed by atoms with van der Waals surface area (Å²) in [5, 5.41) is 5.78. The van der Waals surface area contributed by atoms with Gasteiger partial charge in [0, 0.05) is 23.8 Å². The number of carbonyl (C=O) groups is 1. The molecule has 5 heteroatoms. The Morgan fingerprint density at radius 3 is 2.84 bits per heavy atom. The van der Waals surface area contributed by atoms with E-state index in [1.54, 1.807) is 37.1 Å². The van der Waals surface area contributed by atoms with Gasteiger partial charge in [0.2, 0.25) is 0 Å². The lowest BCUT2D eigenvalue weighted by Gasteiger charge is -2.09. The minimum absolute atomic E-state index is 0.171. The van der Waals surface area contributed by atoms with Crippen LogP contribution in [0.4, 0.5) is 11.5 Å². The Labute approximate surface area is 116 Å². The summed E-state index contributed by atoms with van der Waals surface area (Å²) in [5.74, 6) is 0.400. The Morgan fingerprint density at radius 1 is 1.26 bits per heavy atom. The van der Waals surface area contributed by atoms with Gasteiger partial charge in [0.05, 0.1) is 5.56 Å². The lowest BCUT2D eigenvalue weighted by atomic mass is 10.2. The highest BCUT2D eigenvalue weighted by Gasteiger charge is 2.11. The summed E-state index contributed by atoms with van der Waals surface area (Å²) < 4.78 is 0. The molecule has 1 heterocycles. The Morgan fingerprint density at radius 2 is 2.11 bits per heavy atom. The molecule has 0 aliphatic carbocycles. The SMILES string of the molecule is CNc1ncccc1C(=O)Nc1cccc(SC)c1. The first-order valence-corrected chi connectivity index (χ1v) is 7.05. The minimum Gasteiger partial charge on any atom is -0.372 e. The topological polar surface area (TPSA) is 54.0 Å². The summed E-state index contributed by atoms with van der Waals surface area (Å²) in [6.45, 7) is 0. The summed E-state index contributed by atoms with van der Waals surface area (Å²) in [5.41, 5.74) is 1.31. The van der Waals surface area contributed by atoms with E-state index >= 15 is 0 Å². The number of nitrogens with zero attached hydrogens (tertiary/aromatic N) is 1. The van der Waals surface area contributed by atoms with E-state index in [0.717, 1.165) is 10.6 Å². The lowest BCUT2D eigenvalue weighted by Crippen LogP contribution is -2.14. The van der Waals surface area contributed by atoms with Crippen LogP contribution >= 0.6 is 11.8 Å². The Balaban J connectivity index is 2.20. The van der Waals surface area contributed by atoms with E-state index in [2.05, 4.69) is 15.6 Å². The second kappa shape index (κ2) is 6.24. The van der Waals surface area contributed by atoms with Gasteiger partial charge in [-0.2, -0.15) is 0 Å². The fraction of sp³-hybridized carbons (Fsp3) is 0.143. The molecule has 0 saturated carbocycles. The largest absolute Gasteiger partial charge is 0.372 e. The molecule has 1 aromatic heterocycles. The van der Waals surface area contributed by atoms with Crippen molar-refractivity contribution in [2.45, 2.75) is 4.90 Å². The average Bonchev–Trinajstić information content (AvgIpc) is 2.47. The second-order valence-electron chi connectivity index (χ2n) is 3.84. The van der Waals surface area contributed by atoms with Crippen LogP contribution in [0.25, 0.3) is 0 Å². The number of rotatable bonds is 4. The molecule has 1 amide bonds. The fourth-order valence-electron chi connectivity index (χ4n) is 1.69. The molecule has 1 aromatic carbocycles. The molecule has 19 heavy (non-hydrogen) atoms. The lowest BCUT2D eigenvalue weighted by molar-refractivity contribution is 0.102. The first-order valence-electron chi connectivity index (χ1n) is 5.83. The van der Waals surface area contributed by atoms with Crippen LogP contribution in [0.15, 0.2) is 47.5 Å². The number of pyridine rings is 1. The van der Waals surface area contributed by atoms with Crippen molar-refractivity contribution in [3.8, 4) is 0 Å². The molecule has 2 N–H and O–H groups in total. The van der Waals surface area contributed by atoms with Crippen LogP contribution in [-0.2, 0) is 0 Å². The molecule has 0 fully saturated rings. The summed E-state index contributed by atoms with van der Waals surface area (Å²) in [6, 6.07) is 11.2. The van der Waals surface area contributed by atoms with E-state index in [-0.39, 0.29) is 5.91 Å². The number of benzene rings is 1. The monoisotopic (exact) mass is 273 g/mol. The third-order valence-corrected chi connectivity index (χ3v) is 3.34. The van der Waals surface area contributed by atoms with Crippen LogP contribution in [0.5, 0.6) is 0 Å². The average molecular weight is 273 g/mol. The zero-order valence-corrected chi connectivity index (χ0v) is 11.6. The Hall–Kier alpha value is -2.01. The zero-order valence-electron chi connectivity index (χ0n) is 10.8. The maximum Gasteiger partial charge on any atom is 0.259 e. The van der Waals surface area contributed by atoms with Gasteiger partial charge in [-0.05, 0) is 36.6 Å². The van der Waals surface area contributed by atoms with Crippen LogP contribution in [0.3, 0.4) is 0 Å². The van der Waals surface area contributed by atoms with E-state index in [0.29, 0.717) is 11.4 Å². The zero-order chi connectivity index (χ0) is 13.7. The maximum absolute atomic E-state index is 12.2. The molecular formula is C14H15N3OS. The molecule has 0 aliphatic rings. The quantitative estimate of drug-likeness (QED) is 0.840. The van der Waals surface area contributed by atoms with E-state index in [9.17, 15) is 4.79 Å². The van der Waals surface area contributed by atoms with Crippen molar-refractivity contribution in [2.75, 3.05) is 23.9 Å². The molecule has 0 saturated heterocycles. The normalized spacial score (nSPS) is 10.0. The minimum atomic E-state index is -0.171. The van der Waals surface area contributed by atoms with Crippen molar-refractivity contribution in [2.24, 2.45) is 0 Å². The van der Waals surface area contributed by atoms with Gasteiger partial charge in [-0.1, -0.05) is 6.07 Å². The Kier molecular flexibility index (Phi) is 4.41. The van der Waals surface area contributed by atoms with Crippen LogP contribution in [0.1, 0.15) is 10.4 Å². The van der Waals surface area contributed by atoms with Gasteiger partial charge in [0.25, 0.3) is 5.91 Å².